The third-order valence-electron chi connectivity index (χ3n) is 3.24. The topological polar surface area (TPSA) is 99.0 Å². The Kier molecular flexibility index (Phi) is 8.24. The fourth-order valence-electron chi connectivity index (χ4n) is 1.94. The lowest BCUT2D eigenvalue weighted by molar-refractivity contribution is -0.385. The first-order chi connectivity index (χ1) is 11.5. The molecule has 1 aromatic carbocycles. The van der Waals surface area contributed by atoms with Gasteiger partial charge in [-0.15, -0.1) is 0 Å². The minimum atomic E-state index is -0.510. The molecule has 0 N–H and O–H groups in total. The van der Waals surface area contributed by atoms with Crippen LogP contribution in [-0.2, 0) is 14.3 Å². The van der Waals surface area contributed by atoms with Gasteiger partial charge in [-0.3, -0.25) is 19.7 Å². The highest BCUT2D eigenvalue weighted by Crippen LogP contribution is 2.25. The Morgan fingerprint density at radius 3 is 2.62 bits per heavy atom. The maximum atomic E-state index is 11.9. The Hall–Kier alpha value is -2.64. The van der Waals surface area contributed by atoms with Gasteiger partial charge in [-0.1, -0.05) is 12.1 Å². The Morgan fingerprint density at radius 1 is 1.25 bits per heavy atom. The van der Waals surface area contributed by atoms with Crippen LogP contribution >= 0.6 is 0 Å². The summed E-state index contributed by atoms with van der Waals surface area (Å²) >= 11 is 0. The summed E-state index contributed by atoms with van der Waals surface area (Å²) in [6.45, 7) is 2.54. The van der Waals surface area contributed by atoms with Crippen molar-refractivity contribution in [1.82, 2.24) is 4.90 Å². The lowest BCUT2D eigenvalue weighted by atomic mass is 10.2. The normalized spacial score (nSPS) is 10.1. The first kappa shape index (κ1) is 19.4. The number of nitro benzene ring substituents is 1. The third-order valence-corrected chi connectivity index (χ3v) is 3.24. The Labute approximate surface area is 140 Å². The molecule has 0 aliphatic rings. The summed E-state index contributed by atoms with van der Waals surface area (Å²) in [6, 6.07) is 6.10. The first-order valence-electron chi connectivity index (χ1n) is 7.71. The van der Waals surface area contributed by atoms with Crippen molar-refractivity contribution in [3.05, 3.63) is 34.4 Å². The van der Waals surface area contributed by atoms with Crippen LogP contribution in [0.4, 0.5) is 5.69 Å². The van der Waals surface area contributed by atoms with Crippen LogP contribution < -0.4 is 4.74 Å². The number of nitrogens with zero attached hydrogens (tertiary/aromatic N) is 2. The molecule has 0 aromatic heterocycles. The molecule has 132 valence electrons. The molecule has 0 saturated carbocycles. The molecular weight excluding hydrogens is 316 g/mol. The summed E-state index contributed by atoms with van der Waals surface area (Å²) < 4.78 is 10.2. The Bertz CT molecular complexity index is 575. The molecule has 0 radical (unpaired) electrons. The quantitative estimate of drug-likeness (QED) is 0.280. The first-order valence-corrected chi connectivity index (χ1v) is 7.71. The summed E-state index contributed by atoms with van der Waals surface area (Å²) in [4.78, 5) is 35.0. The number of amides is 1. The molecule has 1 amide bonds. The second-order valence-corrected chi connectivity index (χ2v) is 5.05. The van der Waals surface area contributed by atoms with Gasteiger partial charge in [-0.25, -0.2) is 0 Å². The van der Waals surface area contributed by atoms with Gasteiger partial charge in [-0.05, 0) is 19.4 Å². The van der Waals surface area contributed by atoms with Crippen LogP contribution in [0.1, 0.15) is 26.2 Å². The highest BCUT2D eigenvalue weighted by Gasteiger charge is 2.14. The summed E-state index contributed by atoms with van der Waals surface area (Å²) in [5.74, 6) is -0.270. The van der Waals surface area contributed by atoms with Gasteiger partial charge in [0.1, 0.15) is 0 Å². The lowest BCUT2D eigenvalue weighted by Crippen LogP contribution is -2.29. The third kappa shape index (κ3) is 6.64. The molecule has 24 heavy (non-hydrogen) atoms. The van der Waals surface area contributed by atoms with Gasteiger partial charge in [-0.2, -0.15) is 0 Å². The van der Waals surface area contributed by atoms with Gasteiger partial charge in [0.2, 0.25) is 5.91 Å². The highest BCUT2D eigenvalue weighted by molar-refractivity contribution is 5.77. The summed E-state index contributed by atoms with van der Waals surface area (Å²) in [7, 11) is 1.62. The molecule has 0 saturated heterocycles. The number of nitro groups is 1. The van der Waals surface area contributed by atoms with E-state index in [4.69, 9.17) is 9.47 Å². The molecule has 0 unspecified atom stereocenters. The van der Waals surface area contributed by atoms with Crippen LogP contribution in [0.5, 0.6) is 5.75 Å². The SMILES string of the molecule is CCOC(=O)CCN(C)C(=O)CCCOc1ccccc1[N+](=O)[O-]. The van der Waals surface area contributed by atoms with Crippen molar-refractivity contribution in [3.8, 4) is 5.75 Å². The zero-order valence-electron chi connectivity index (χ0n) is 13.9. The van der Waals surface area contributed by atoms with Crippen molar-refractivity contribution in [2.24, 2.45) is 0 Å². The second-order valence-electron chi connectivity index (χ2n) is 5.05. The van der Waals surface area contributed by atoms with Crippen molar-refractivity contribution in [1.29, 1.82) is 0 Å². The number of rotatable bonds is 10. The summed E-state index contributed by atoms with van der Waals surface area (Å²) in [5, 5.41) is 10.9. The van der Waals surface area contributed by atoms with Crippen LogP contribution in [0, 0.1) is 10.1 Å². The van der Waals surface area contributed by atoms with Crippen molar-refractivity contribution in [2.45, 2.75) is 26.2 Å². The minimum absolute atomic E-state index is 0.101. The van der Waals surface area contributed by atoms with Gasteiger partial charge in [0.15, 0.2) is 5.75 Å². The van der Waals surface area contributed by atoms with Crippen molar-refractivity contribution in [3.63, 3.8) is 0 Å². The van der Waals surface area contributed by atoms with E-state index >= 15 is 0 Å². The molecule has 0 heterocycles. The van der Waals surface area contributed by atoms with Crippen molar-refractivity contribution in [2.75, 3.05) is 26.8 Å². The van der Waals surface area contributed by atoms with Crippen LogP contribution in [0.2, 0.25) is 0 Å². The molecule has 0 bridgehead atoms. The lowest BCUT2D eigenvalue weighted by Gasteiger charge is -2.16. The van der Waals surface area contributed by atoms with Crippen LogP contribution in [0.15, 0.2) is 24.3 Å². The van der Waals surface area contributed by atoms with E-state index in [2.05, 4.69) is 0 Å². The average Bonchev–Trinajstić information content (AvgIpc) is 2.56. The molecule has 8 heteroatoms. The van der Waals surface area contributed by atoms with E-state index in [9.17, 15) is 19.7 Å². The van der Waals surface area contributed by atoms with Crippen LogP contribution in [0.3, 0.4) is 0 Å². The number of ether oxygens (including phenoxy) is 2. The van der Waals surface area contributed by atoms with Crippen LogP contribution in [0.25, 0.3) is 0 Å². The summed E-state index contributed by atoms with van der Waals surface area (Å²) in [6.07, 6.45) is 0.817. The predicted octanol–water partition coefficient (Wildman–Crippen LogP) is 2.17. The molecule has 8 nitrogen and oxygen atoms in total. The number of esters is 1. The smallest absolute Gasteiger partial charge is 0.310 e. The number of carbonyl (C=O) groups is 2. The molecule has 0 aliphatic heterocycles. The zero-order valence-corrected chi connectivity index (χ0v) is 13.9. The average molecular weight is 338 g/mol. The number of hydrogen-bond acceptors (Lipinski definition) is 6. The van der Waals surface area contributed by atoms with E-state index in [1.807, 2.05) is 0 Å². The zero-order chi connectivity index (χ0) is 17.9. The molecule has 0 aliphatic carbocycles. The molecule has 1 aromatic rings. The van der Waals surface area contributed by atoms with E-state index in [0.717, 1.165) is 0 Å². The standard InChI is InChI=1S/C16H22N2O6/c1-3-23-16(20)10-11-17(2)15(19)9-6-12-24-14-8-5-4-7-13(14)18(21)22/h4-5,7-8H,3,6,9-12H2,1-2H3. The Balaban J connectivity index is 2.31. The molecule has 1 rings (SSSR count). The molecular formula is C16H22N2O6. The van der Waals surface area contributed by atoms with E-state index in [-0.39, 0.29) is 42.8 Å². The number of para-hydroxylation sites is 2. The van der Waals surface area contributed by atoms with E-state index in [0.29, 0.717) is 19.6 Å². The number of carbonyl (C=O) groups excluding carboxylic acids is 2. The Morgan fingerprint density at radius 2 is 1.96 bits per heavy atom. The maximum Gasteiger partial charge on any atom is 0.310 e. The fourth-order valence-corrected chi connectivity index (χ4v) is 1.94. The summed E-state index contributed by atoms with van der Waals surface area (Å²) in [5.41, 5.74) is -0.101. The molecule has 0 atom stereocenters. The monoisotopic (exact) mass is 338 g/mol. The van der Waals surface area contributed by atoms with Crippen molar-refractivity contribution >= 4 is 17.6 Å². The van der Waals surface area contributed by atoms with E-state index in [1.54, 1.807) is 26.1 Å². The number of benzene rings is 1. The molecule has 0 spiro atoms. The fraction of sp³-hybridized carbons (Fsp3) is 0.500. The van der Waals surface area contributed by atoms with Gasteiger partial charge in [0, 0.05) is 26.1 Å². The van der Waals surface area contributed by atoms with Crippen LogP contribution in [-0.4, -0.2) is 48.5 Å². The van der Waals surface area contributed by atoms with E-state index in [1.165, 1.54) is 17.0 Å². The van der Waals surface area contributed by atoms with Gasteiger partial charge in [0.05, 0.1) is 24.6 Å². The molecule has 0 fully saturated rings. The van der Waals surface area contributed by atoms with Crippen molar-refractivity contribution < 1.29 is 24.0 Å². The predicted molar refractivity (Wildman–Crippen MR) is 86.7 cm³/mol. The van der Waals surface area contributed by atoms with Gasteiger partial charge >= 0.3 is 11.7 Å². The highest BCUT2D eigenvalue weighted by atomic mass is 16.6. The minimum Gasteiger partial charge on any atom is -0.487 e. The number of hydrogen-bond donors (Lipinski definition) is 0. The second kappa shape index (κ2) is 10.2. The van der Waals surface area contributed by atoms with Gasteiger partial charge in [0.25, 0.3) is 0 Å². The van der Waals surface area contributed by atoms with Gasteiger partial charge < -0.3 is 14.4 Å². The maximum absolute atomic E-state index is 11.9. The largest absolute Gasteiger partial charge is 0.487 e. The van der Waals surface area contributed by atoms with E-state index < -0.39 is 4.92 Å².